The predicted molar refractivity (Wildman–Crippen MR) is 106 cm³/mol. The first-order valence-corrected chi connectivity index (χ1v) is 10.5. The van der Waals surface area contributed by atoms with Gasteiger partial charge in [-0.15, -0.1) is 23.1 Å². The zero-order valence-electron chi connectivity index (χ0n) is 14.8. The molecule has 0 saturated heterocycles. The molecule has 1 aliphatic carbocycles. The number of thioether (sulfide) groups is 1. The third-order valence-corrected chi connectivity index (χ3v) is 7.00. The van der Waals surface area contributed by atoms with Gasteiger partial charge < -0.3 is 4.74 Å². The molecule has 1 aromatic carbocycles. The number of nitrogens with zero attached hydrogens (tertiary/aromatic N) is 2. The molecular formula is C20H20N2O2S2. The largest absolute Gasteiger partial charge is 0.465 e. The molecule has 1 atom stereocenters. The van der Waals surface area contributed by atoms with Gasteiger partial charge in [-0.2, -0.15) is 0 Å². The van der Waals surface area contributed by atoms with E-state index in [9.17, 15) is 4.79 Å². The van der Waals surface area contributed by atoms with Crippen LogP contribution in [0, 0.1) is 5.92 Å². The van der Waals surface area contributed by atoms with Crippen molar-refractivity contribution in [1.82, 2.24) is 9.97 Å². The molecule has 1 unspecified atom stereocenters. The molecule has 4 nitrogen and oxygen atoms in total. The summed E-state index contributed by atoms with van der Waals surface area (Å²) in [5.41, 5.74) is 3.12. The average molecular weight is 385 g/mol. The lowest BCUT2D eigenvalue weighted by molar-refractivity contribution is 0.0600. The molecule has 0 saturated carbocycles. The molecule has 0 bridgehead atoms. The number of carbonyl (C=O) groups excluding carboxylic acids is 1. The second kappa shape index (κ2) is 7.37. The van der Waals surface area contributed by atoms with Gasteiger partial charge in [0.15, 0.2) is 0 Å². The number of thiophene rings is 1. The molecule has 0 N–H and O–H groups in total. The van der Waals surface area contributed by atoms with Crippen molar-refractivity contribution in [3.8, 4) is 0 Å². The lowest BCUT2D eigenvalue weighted by Gasteiger charge is -2.18. The maximum Gasteiger partial charge on any atom is 0.337 e. The number of methoxy groups -OCH3 is 1. The number of hydrogen-bond acceptors (Lipinski definition) is 6. The summed E-state index contributed by atoms with van der Waals surface area (Å²) in [5, 5.41) is 2.29. The average Bonchev–Trinajstić information content (AvgIpc) is 3.03. The molecule has 4 rings (SSSR count). The number of rotatable bonds is 4. The van der Waals surface area contributed by atoms with Crippen LogP contribution < -0.4 is 0 Å². The van der Waals surface area contributed by atoms with Crippen LogP contribution in [0.2, 0.25) is 0 Å². The van der Waals surface area contributed by atoms with Crippen LogP contribution in [-0.4, -0.2) is 23.0 Å². The summed E-state index contributed by atoms with van der Waals surface area (Å²) in [7, 11) is 1.40. The zero-order chi connectivity index (χ0) is 18.1. The van der Waals surface area contributed by atoms with E-state index in [4.69, 9.17) is 4.74 Å². The van der Waals surface area contributed by atoms with Gasteiger partial charge in [0.2, 0.25) is 0 Å². The highest BCUT2D eigenvalue weighted by Crippen LogP contribution is 2.41. The Hall–Kier alpha value is -1.92. The number of benzene rings is 1. The van der Waals surface area contributed by atoms with Crippen LogP contribution in [0.15, 0.2) is 35.6 Å². The highest BCUT2D eigenvalue weighted by atomic mass is 32.2. The normalized spacial score (nSPS) is 16.5. The monoisotopic (exact) mass is 384 g/mol. The van der Waals surface area contributed by atoms with Gasteiger partial charge in [-0.3, -0.25) is 0 Å². The fraction of sp³-hybridized carbons (Fsp3) is 0.350. The Morgan fingerprint density at radius 1 is 1.38 bits per heavy atom. The zero-order valence-corrected chi connectivity index (χ0v) is 16.5. The number of carbonyl (C=O) groups is 1. The Morgan fingerprint density at radius 2 is 2.27 bits per heavy atom. The Labute approximate surface area is 161 Å². The fourth-order valence-electron chi connectivity index (χ4n) is 3.41. The number of esters is 1. The summed E-state index contributed by atoms with van der Waals surface area (Å²) >= 11 is 3.54. The van der Waals surface area contributed by atoms with Crippen molar-refractivity contribution in [2.75, 3.05) is 7.11 Å². The Kier molecular flexibility index (Phi) is 4.96. The number of aryl methyl sites for hydroxylation is 1. The van der Waals surface area contributed by atoms with Gasteiger partial charge in [-0.25, -0.2) is 14.8 Å². The van der Waals surface area contributed by atoms with Gasteiger partial charge in [0.1, 0.15) is 16.2 Å². The third kappa shape index (κ3) is 3.35. The van der Waals surface area contributed by atoms with Crippen molar-refractivity contribution < 1.29 is 9.53 Å². The highest BCUT2D eigenvalue weighted by Gasteiger charge is 2.23. The molecule has 3 aromatic rings. The minimum absolute atomic E-state index is 0.303. The van der Waals surface area contributed by atoms with Crippen LogP contribution in [0.25, 0.3) is 10.2 Å². The third-order valence-electron chi connectivity index (χ3n) is 4.78. The predicted octanol–water partition coefficient (Wildman–Crippen LogP) is 4.90. The van der Waals surface area contributed by atoms with Crippen molar-refractivity contribution in [1.29, 1.82) is 0 Å². The number of fused-ring (bicyclic) bond motifs is 3. The van der Waals surface area contributed by atoms with E-state index >= 15 is 0 Å². The molecule has 2 aromatic heterocycles. The number of hydrogen-bond donors (Lipinski definition) is 0. The van der Waals surface area contributed by atoms with E-state index in [1.807, 2.05) is 29.5 Å². The van der Waals surface area contributed by atoms with Crippen LogP contribution >= 0.6 is 23.1 Å². The lowest BCUT2D eigenvalue weighted by atomic mass is 9.89. The van der Waals surface area contributed by atoms with Crippen molar-refractivity contribution in [2.45, 2.75) is 37.0 Å². The summed E-state index contributed by atoms with van der Waals surface area (Å²) < 4.78 is 4.81. The highest BCUT2D eigenvalue weighted by molar-refractivity contribution is 7.98. The van der Waals surface area contributed by atoms with Crippen LogP contribution in [0.4, 0.5) is 0 Å². The van der Waals surface area contributed by atoms with Crippen LogP contribution in [0.3, 0.4) is 0 Å². The molecule has 0 amide bonds. The topological polar surface area (TPSA) is 52.1 Å². The molecule has 0 radical (unpaired) electrons. The standard InChI is InChI=1S/C20H20N2O2S2/c1-12-6-7-15-16(8-12)26-19-17(15)18(21-11-22-19)25-10-13-4-3-5-14(9-13)20(23)24-2/h3-5,9,11-12H,6-8,10H2,1-2H3. The van der Waals surface area contributed by atoms with Crippen LogP contribution in [0.1, 0.15) is 39.7 Å². The van der Waals surface area contributed by atoms with Gasteiger partial charge >= 0.3 is 5.97 Å². The summed E-state index contributed by atoms with van der Waals surface area (Å²) in [4.78, 5) is 23.4. The van der Waals surface area contributed by atoms with E-state index in [-0.39, 0.29) is 5.97 Å². The lowest BCUT2D eigenvalue weighted by Crippen LogP contribution is -2.08. The molecule has 0 spiro atoms. The molecule has 6 heteroatoms. The van der Waals surface area contributed by atoms with Crippen molar-refractivity contribution >= 4 is 39.3 Å². The van der Waals surface area contributed by atoms with Gasteiger partial charge in [-0.1, -0.05) is 19.1 Å². The summed E-state index contributed by atoms with van der Waals surface area (Å²) in [6.07, 6.45) is 5.18. The van der Waals surface area contributed by atoms with E-state index < -0.39 is 0 Å². The first-order chi connectivity index (χ1) is 12.7. The maximum atomic E-state index is 11.7. The second-order valence-electron chi connectivity index (χ2n) is 6.69. The smallest absolute Gasteiger partial charge is 0.337 e. The SMILES string of the molecule is COC(=O)c1cccc(CSc2ncnc3sc4c(c23)CCC(C)C4)c1. The van der Waals surface area contributed by atoms with Crippen molar-refractivity contribution in [2.24, 2.45) is 5.92 Å². The van der Waals surface area contributed by atoms with Crippen LogP contribution in [0.5, 0.6) is 0 Å². The Morgan fingerprint density at radius 3 is 3.12 bits per heavy atom. The maximum absolute atomic E-state index is 11.7. The molecule has 2 heterocycles. The first kappa shape index (κ1) is 17.5. The Bertz CT molecular complexity index is 968. The van der Waals surface area contributed by atoms with E-state index in [0.717, 1.165) is 39.9 Å². The van der Waals surface area contributed by atoms with Crippen molar-refractivity contribution in [3.05, 3.63) is 52.2 Å². The number of aromatic nitrogens is 2. The van der Waals surface area contributed by atoms with Gasteiger partial charge in [0.05, 0.1) is 12.7 Å². The van der Waals surface area contributed by atoms with E-state index in [1.54, 1.807) is 24.2 Å². The van der Waals surface area contributed by atoms with Gasteiger partial charge in [0.25, 0.3) is 0 Å². The summed E-state index contributed by atoms with van der Waals surface area (Å²) in [6.45, 7) is 2.32. The van der Waals surface area contributed by atoms with E-state index in [1.165, 1.54) is 29.4 Å². The van der Waals surface area contributed by atoms with Gasteiger partial charge in [0, 0.05) is 16.0 Å². The van der Waals surface area contributed by atoms with Crippen molar-refractivity contribution in [3.63, 3.8) is 0 Å². The van der Waals surface area contributed by atoms with E-state index in [0.29, 0.717) is 5.56 Å². The first-order valence-electron chi connectivity index (χ1n) is 8.71. The number of ether oxygens (including phenoxy) is 1. The minimum atomic E-state index is -0.303. The molecule has 0 aliphatic heterocycles. The summed E-state index contributed by atoms with van der Waals surface area (Å²) in [5.74, 6) is 1.21. The van der Waals surface area contributed by atoms with Gasteiger partial charge in [-0.05, 0) is 48.4 Å². The van der Waals surface area contributed by atoms with E-state index in [2.05, 4.69) is 16.9 Å². The fourth-order valence-corrected chi connectivity index (χ4v) is 5.80. The molecular weight excluding hydrogens is 364 g/mol. The summed E-state index contributed by atoms with van der Waals surface area (Å²) in [6, 6.07) is 7.59. The molecule has 1 aliphatic rings. The second-order valence-corrected chi connectivity index (χ2v) is 8.74. The molecule has 26 heavy (non-hydrogen) atoms. The quantitative estimate of drug-likeness (QED) is 0.364. The van der Waals surface area contributed by atoms with Crippen LogP contribution in [-0.2, 0) is 23.3 Å². The Balaban J connectivity index is 1.61. The molecule has 0 fully saturated rings. The minimum Gasteiger partial charge on any atom is -0.465 e. The molecule has 134 valence electrons.